The molecule has 0 fully saturated rings. The third-order valence-electron chi connectivity index (χ3n) is 2.65. The maximum atomic E-state index is 6.10. The minimum atomic E-state index is 0.0797. The van der Waals surface area contributed by atoms with Crippen LogP contribution in [0, 0.1) is 5.92 Å². The molecule has 0 aromatic heterocycles. The lowest BCUT2D eigenvalue weighted by Gasteiger charge is -2.17. The molecule has 96 valence electrons. The molecule has 0 radical (unpaired) electrons. The van der Waals surface area contributed by atoms with E-state index in [2.05, 4.69) is 6.92 Å². The Labute approximate surface area is 113 Å². The number of nitrogens with two attached hydrogens (primary N) is 1. The molecule has 2 nitrogen and oxygen atoms in total. The third-order valence-corrected chi connectivity index (χ3v) is 3.25. The first-order valence-corrected chi connectivity index (χ1v) is 6.47. The number of ether oxygens (including phenoxy) is 1. The van der Waals surface area contributed by atoms with Crippen LogP contribution in [0.3, 0.4) is 0 Å². The minimum Gasteiger partial charge on any atom is -0.384 e. The molecule has 0 heterocycles. The largest absolute Gasteiger partial charge is 0.384 e. The van der Waals surface area contributed by atoms with E-state index in [0.29, 0.717) is 10.9 Å². The van der Waals surface area contributed by atoms with Crippen molar-refractivity contribution >= 4 is 23.2 Å². The molecule has 17 heavy (non-hydrogen) atoms. The van der Waals surface area contributed by atoms with Crippen LogP contribution in [-0.2, 0) is 11.2 Å². The molecular formula is C13H19Cl2NO. The zero-order valence-electron chi connectivity index (χ0n) is 10.2. The minimum absolute atomic E-state index is 0.0797. The standard InChI is InChI=1S/C13H19Cl2NO/c1-9(8-17-2)5-12(16)7-10-6-11(14)3-4-13(10)15/h3-4,6,9,12H,5,7-8,16H2,1-2H3. The fraction of sp³-hybridized carbons (Fsp3) is 0.538. The van der Waals surface area contributed by atoms with Gasteiger partial charge in [0, 0.05) is 29.8 Å². The van der Waals surface area contributed by atoms with Gasteiger partial charge in [-0.25, -0.2) is 0 Å². The van der Waals surface area contributed by atoms with E-state index in [9.17, 15) is 0 Å². The van der Waals surface area contributed by atoms with E-state index in [1.807, 2.05) is 12.1 Å². The summed E-state index contributed by atoms with van der Waals surface area (Å²) in [6, 6.07) is 5.55. The Morgan fingerprint density at radius 1 is 1.35 bits per heavy atom. The van der Waals surface area contributed by atoms with Gasteiger partial charge in [0.15, 0.2) is 0 Å². The predicted octanol–water partition coefficient (Wildman–Crippen LogP) is 3.54. The van der Waals surface area contributed by atoms with Gasteiger partial charge in [-0.15, -0.1) is 0 Å². The Hall–Kier alpha value is -0.280. The summed E-state index contributed by atoms with van der Waals surface area (Å²) in [5.41, 5.74) is 7.11. The highest BCUT2D eigenvalue weighted by Crippen LogP contribution is 2.22. The summed E-state index contributed by atoms with van der Waals surface area (Å²) >= 11 is 12.0. The van der Waals surface area contributed by atoms with E-state index in [4.69, 9.17) is 33.7 Å². The second kappa shape index (κ2) is 7.22. The topological polar surface area (TPSA) is 35.2 Å². The molecule has 0 aliphatic heterocycles. The maximum absolute atomic E-state index is 6.10. The van der Waals surface area contributed by atoms with Gasteiger partial charge in [-0.05, 0) is 42.5 Å². The van der Waals surface area contributed by atoms with Crippen LogP contribution in [0.15, 0.2) is 18.2 Å². The van der Waals surface area contributed by atoms with Crippen molar-refractivity contribution in [2.45, 2.75) is 25.8 Å². The van der Waals surface area contributed by atoms with Crippen LogP contribution >= 0.6 is 23.2 Å². The molecule has 1 rings (SSSR count). The number of halogens is 2. The van der Waals surface area contributed by atoms with Gasteiger partial charge in [-0.1, -0.05) is 30.1 Å². The fourth-order valence-electron chi connectivity index (χ4n) is 1.93. The van der Waals surface area contributed by atoms with E-state index >= 15 is 0 Å². The van der Waals surface area contributed by atoms with Crippen molar-refractivity contribution in [1.29, 1.82) is 0 Å². The molecule has 2 unspecified atom stereocenters. The first-order chi connectivity index (χ1) is 8.02. The lowest BCUT2D eigenvalue weighted by molar-refractivity contribution is 0.152. The lowest BCUT2D eigenvalue weighted by atomic mass is 9.97. The molecular weight excluding hydrogens is 257 g/mol. The first kappa shape index (κ1) is 14.8. The molecule has 0 saturated heterocycles. The molecule has 0 aliphatic rings. The van der Waals surface area contributed by atoms with Crippen molar-refractivity contribution in [2.24, 2.45) is 11.7 Å². The van der Waals surface area contributed by atoms with E-state index in [1.54, 1.807) is 13.2 Å². The SMILES string of the molecule is COCC(C)CC(N)Cc1cc(Cl)ccc1Cl. The summed E-state index contributed by atoms with van der Waals surface area (Å²) in [5, 5.41) is 1.42. The first-order valence-electron chi connectivity index (χ1n) is 5.71. The number of hydrogen-bond donors (Lipinski definition) is 1. The summed E-state index contributed by atoms with van der Waals surface area (Å²) in [7, 11) is 1.70. The zero-order chi connectivity index (χ0) is 12.8. The lowest BCUT2D eigenvalue weighted by Crippen LogP contribution is -2.26. The van der Waals surface area contributed by atoms with E-state index in [-0.39, 0.29) is 6.04 Å². The highest BCUT2D eigenvalue weighted by atomic mass is 35.5. The summed E-state index contributed by atoms with van der Waals surface area (Å²) in [4.78, 5) is 0. The fourth-order valence-corrected chi connectivity index (χ4v) is 2.32. The average Bonchev–Trinajstić information content (AvgIpc) is 2.23. The van der Waals surface area contributed by atoms with Crippen molar-refractivity contribution < 1.29 is 4.74 Å². The van der Waals surface area contributed by atoms with Crippen molar-refractivity contribution in [3.8, 4) is 0 Å². The summed E-state index contributed by atoms with van der Waals surface area (Å²) in [5.74, 6) is 0.452. The molecule has 0 aliphatic carbocycles. The normalized spacial score (nSPS) is 14.6. The van der Waals surface area contributed by atoms with E-state index in [0.717, 1.165) is 30.0 Å². The van der Waals surface area contributed by atoms with Crippen molar-refractivity contribution in [2.75, 3.05) is 13.7 Å². The molecule has 1 aromatic carbocycles. The quantitative estimate of drug-likeness (QED) is 0.862. The zero-order valence-corrected chi connectivity index (χ0v) is 11.8. The number of methoxy groups -OCH3 is 1. The highest BCUT2D eigenvalue weighted by molar-refractivity contribution is 6.33. The molecule has 2 N–H and O–H groups in total. The van der Waals surface area contributed by atoms with Gasteiger partial charge in [0.1, 0.15) is 0 Å². The van der Waals surface area contributed by atoms with Gasteiger partial charge in [-0.3, -0.25) is 0 Å². The Balaban J connectivity index is 2.55. The average molecular weight is 276 g/mol. The highest BCUT2D eigenvalue weighted by Gasteiger charge is 2.12. The Kier molecular flexibility index (Phi) is 6.28. The smallest absolute Gasteiger partial charge is 0.0488 e. The summed E-state index contributed by atoms with van der Waals surface area (Å²) in [6.45, 7) is 2.86. The van der Waals surface area contributed by atoms with Gasteiger partial charge in [0.25, 0.3) is 0 Å². The number of hydrogen-bond acceptors (Lipinski definition) is 2. The van der Waals surface area contributed by atoms with Crippen molar-refractivity contribution in [3.05, 3.63) is 33.8 Å². The van der Waals surface area contributed by atoms with Gasteiger partial charge >= 0.3 is 0 Å². The summed E-state index contributed by atoms with van der Waals surface area (Å²) < 4.78 is 5.09. The monoisotopic (exact) mass is 275 g/mol. The summed E-state index contributed by atoms with van der Waals surface area (Å²) in [6.07, 6.45) is 1.66. The molecule has 0 amide bonds. The maximum Gasteiger partial charge on any atom is 0.0488 e. The second-order valence-corrected chi connectivity index (χ2v) is 5.34. The molecule has 0 spiro atoms. The predicted molar refractivity (Wildman–Crippen MR) is 73.8 cm³/mol. The van der Waals surface area contributed by atoms with Crippen molar-refractivity contribution in [1.82, 2.24) is 0 Å². The second-order valence-electron chi connectivity index (χ2n) is 4.50. The van der Waals surface area contributed by atoms with Crippen LogP contribution in [0.25, 0.3) is 0 Å². The van der Waals surface area contributed by atoms with Crippen LogP contribution in [0.1, 0.15) is 18.9 Å². The van der Waals surface area contributed by atoms with Gasteiger partial charge in [0.2, 0.25) is 0 Å². The Morgan fingerprint density at radius 3 is 2.71 bits per heavy atom. The molecule has 0 bridgehead atoms. The van der Waals surface area contributed by atoms with Crippen LogP contribution in [0.4, 0.5) is 0 Å². The third kappa shape index (κ3) is 5.26. The molecule has 0 saturated carbocycles. The van der Waals surface area contributed by atoms with Crippen molar-refractivity contribution in [3.63, 3.8) is 0 Å². The molecule has 4 heteroatoms. The van der Waals surface area contributed by atoms with Crippen LogP contribution < -0.4 is 5.73 Å². The van der Waals surface area contributed by atoms with Gasteiger partial charge in [0.05, 0.1) is 0 Å². The Morgan fingerprint density at radius 2 is 2.06 bits per heavy atom. The van der Waals surface area contributed by atoms with E-state index in [1.165, 1.54) is 0 Å². The molecule has 1 aromatic rings. The van der Waals surface area contributed by atoms with E-state index < -0.39 is 0 Å². The van der Waals surface area contributed by atoms with Crippen LogP contribution in [-0.4, -0.2) is 19.8 Å². The number of rotatable bonds is 6. The molecule has 2 atom stereocenters. The van der Waals surface area contributed by atoms with Crippen LogP contribution in [0.2, 0.25) is 10.0 Å². The van der Waals surface area contributed by atoms with Gasteiger partial charge < -0.3 is 10.5 Å². The number of benzene rings is 1. The van der Waals surface area contributed by atoms with Crippen LogP contribution in [0.5, 0.6) is 0 Å². The van der Waals surface area contributed by atoms with Gasteiger partial charge in [-0.2, -0.15) is 0 Å². The Bertz CT molecular complexity index is 357.